The molecule has 0 aliphatic carbocycles. The van der Waals surface area contributed by atoms with Crippen molar-refractivity contribution in [3.05, 3.63) is 64.7 Å². The van der Waals surface area contributed by atoms with E-state index in [0.717, 1.165) is 62.0 Å². The topological polar surface area (TPSA) is 145 Å². The molecule has 10 heteroatoms. The highest BCUT2D eigenvalue weighted by Crippen LogP contribution is 2.24. The zero-order chi connectivity index (χ0) is 30.9. The number of carbonyl (C=O) groups is 3. The minimum atomic E-state index is -0.874. The van der Waals surface area contributed by atoms with Gasteiger partial charge in [0.05, 0.1) is 6.04 Å². The first-order valence-corrected chi connectivity index (χ1v) is 15.7. The van der Waals surface area contributed by atoms with E-state index >= 15 is 0 Å². The van der Waals surface area contributed by atoms with Crippen molar-refractivity contribution < 1.29 is 19.5 Å². The van der Waals surface area contributed by atoms with Crippen molar-refractivity contribution in [3.8, 4) is 0 Å². The van der Waals surface area contributed by atoms with Crippen LogP contribution in [0, 0.1) is 0 Å². The standard InChI is InChI=1S/C18H29N3O.C15H19N3O3/c1-3-14-6-5-13(11-15(14)4-2)12-17(20)18(22)21-9-7-16(19)8-10-21;19-14-16-13-4-2-1-3-11(13)5-10-18(14)12-6-8-17(9-7-12)15(20)21/h5-6,11,16-17H,3-4,7-10,12,19-20H2,1-2H3;1-4,12H,5-10H2,(H,16,19)(H,20,21)/t17-;/m1./s1. The molecular formula is C33H48N6O4. The van der Waals surface area contributed by atoms with Crippen molar-refractivity contribution in [1.29, 1.82) is 0 Å². The van der Waals surface area contributed by atoms with Crippen LogP contribution in [-0.2, 0) is 30.5 Å². The molecule has 1 atom stereocenters. The largest absolute Gasteiger partial charge is 0.465 e. The molecule has 0 saturated carbocycles. The highest BCUT2D eigenvalue weighted by Gasteiger charge is 2.31. The lowest BCUT2D eigenvalue weighted by Crippen LogP contribution is -2.49. The minimum absolute atomic E-state index is 0.0597. The predicted molar refractivity (Wildman–Crippen MR) is 169 cm³/mol. The van der Waals surface area contributed by atoms with Gasteiger partial charge in [0.25, 0.3) is 0 Å². The molecular weight excluding hydrogens is 544 g/mol. The fraction of sp³-hybridized carbons (Fsp3) is 0.545. The van der Waals surface area contributed by atoms with Gasteiger partial charge in [-0.25, -0.2) is 9.59 Å². The third-order valence-corrected chi connectivity index (χ3v) is 8.97. The van der Waals surface area contributed by atoms with E-state index in [1.165, 1.54) is 16.0 Å². The molecule has 3 aliphatic heterocycles. The Hall–Kier alpha value is -3.63. The first-order chi connectivity index (χ1) is 20.7. The maximum absolute atomic E-state index is 12.4. The van der Waals surface area contributed by atoms with Gasteiger partial charge < -0.3 is 36.6 Å². The minimum Gasteiger partial charge on any atom is -0.465 e. The molecule has 2 aromatic rings. The molecule has 3 aliphatic rings. The summed E-state index contributed by atoms with van der Waals surface area (Å²) in [6.45, 7) is 7.49. The number of nitrogens with two attached hydrogens (primary N) is 2. The van der Waals surface area contributed by atoms with Crippen LogP contribution in [0.2, 0.25) is 0 Å². The van der Waals surface area contributed by atoms with Gasteiger partial charge in [0.15, 0.2) is 0 Å². The number of urea groups is 1. The summed E-state index contributed by atoms with van der Waals surface area (Å²) in [5.74, 6) is 0.0597. The Morgan fingerprint density at radius 3 is 2.23 bits per heavy atom. The SMILES string of the molecule is CCc1ccc(C[C@@H](N)C(=O)N2CCC(N)CC2)cc1CC.O=C(O)N1CCC(N2CCc3ccccc3NC2=O)CC1. The molecule has 234 valence electrons. The predicted octanol–water partition coefficient (Wildman–Crippen LogP) is 3.85. The first-order valence-electron chi connectivity index (χ1n) is 15.7. The number of nitrogens with zero attached hydrogens (tertiary/aromatic N) is 3. The van der Waals surface area contributed by atoms with Gasteiger partial charge in [-0.2, -0.15) is 0 Å². The summed E-state index contributed by atoms with van der Waals surface area (Å²) < 4.78 is 0. The van der Waals surface area contributed by atoms with Gasteiger partial charge in [0.1, 0.15) is 0 Å². The van der Waals surface area contributed by atoms with Gasteiger partial charge in [-0.15, -0.1) is 0 Å². The molecule has 5 rings (SSSR count). The normalized spacial score (nSPS) is 18.6. The van der Waals surface area contributed by atoms with Crippen LogP contribution in [0.3, 0.4) is 0 Å². The maximum Gasteiger partial charge on any atom is 0.407 e. The van der Waals surface area contributed by atoms with Crippen LogP contribution in [0.5, 0.6) is 0 Å². The summed E-state index contributed by atoms with van der Waals surface area (Å²) in [5.41, 5.74) is 18.0. The monoisotopic (exact) mass is 592 g/mol. The molecule has 0 bridgehead atoms. The summed E-state index contributed by atoms with van der Waals surface area (Å²) in [7, 11) is 0. The molecule has 0 radical (unpaired) electrons. The number of hydrogen-bond donors (Lipinski definition) is 4. The molecule has 2 saturated heterocycles. The molecule has 0 unspecified atom stereocenters. The van der Waals surface area contributed by atoms with E-state index < -0.39 is 12.1 Å². The third-order valence-electron chi connectivity index (χ3n) is 8.97. The molecule has 43 heavy (non-hydrogen) atoms. The Kier molecular flexibility index (Phi) is 11.4. The number of carbonyl (C=O) groups excluding carboxylic acids is 2. The Bertz CT molecular complexity index is 1250. The summed E-state index contributed by atoms with van der Waals surface area (Å²) in [6, 6.07) is 14.2. The number of nitrogens with one attached hydrogen (secondary N) is 1. The quantitative estimate of drug-likeness (QED) is 0.401. The van der Waals surface area contributed by atoms with Crippen molar-refractivity contribution in [2.75, 3.05) is 38.0 Å². The number of amides is 4. The molecule has 3 heterocycles. The van der Waals surface area contributed by atoms with Crippen LogP contribution in [0.1, 0.15) is 61.8 Å². The van der Waals surface area contributed by atoms with E-state index in [4.69, 9.17) is 16.6 Å². The maximum atomic E-state index is 12.4. The van der Waals surface area contributed by atoms with E-state index in [0.29, 0.717) is 38.9 Å². The third kappa shape index (κ3) is 8.48. The number of carboxylic acid groups (broad SMARTS) is 1. The number of anilines is 1. The molecule has 10 nitrogen and oxygen atoms in total. The average Bonchev–Trinajstić information content (AvgIpc) is 3.19. The van der Waals surface area contributed by atoms with E-state index in [1.54, 1.807) is 0 Å². The van der Waals surface area contributed by atoms with E-state index in [9.17, 15) is 14.4 Å². The summed E-state index contributed by atoms with van der Waals surface area (Å²) in [4.78, 5) is 40.9. The van der Waals surface area contributed by atoms with Crippen LogP contribution >= 0.6 is 0 Å². The smallest absolute Gasteiger partial charge is 0.407 e. The lowest BCUT2D eigenvalue weighted by molar-refractivity contribution is -0.133. The molecule has 0 aromatic heterocycles. The van der Waals surface area contributed by atoms with Crippen molar-refractivity contribution in [2.24, 2.45) is 11.5 Å². The van der Waals surface area contributed by atoms with E-state index in [-0.39, 0.29) is 24.0 Å². The van der Waals surface area contributed by atoms with E-state index in [2.05, 4.69) is 37.4 Å². The number of rotatable bonds is 6. The number of aryl methyl sites for hydroxylation is 2. The molecule has 2 fully saturated rings. The van der Waals surface area contributed by atoms with Gasteiger partial charge in [-0.05, 0) is 79.7 Å². The van der Waals surface area contributed by atoms with Crippen molar-refractivity contribution >= 4 is 23.7 Å². The van der Waals surface area contributed by atoms with Crippen molar-refractivity contribution in [3.63, 3.8) is 0 Å². The zero-order valence-electron chi connectivity index (χ0n) is 25.6. The van der Waals surface area contributed by atoms with Crippen molar-refractivity contribution in [2.45, 2.75) is 83.3 Å². The Balaban J connectivity index is 0.000000197. The summed E-state index contributed by atoms with van der Waals surface area (Å²) in [6.07, 6.45) is 5.79. The van der Waals surface area contributed by atoms with Crippen LogP contribution in [0.25, 0.3) is 0 Å². The molecule has 4 amide bonds. The number of para-hydroxylation sites is 1. The fourth-order valence-electron chi connectivity index (χ4n) is 6.28. The Morgan fingerprint density at radius 2 is 1.58 bits per heavy atom. The van der Waals surface area contributed by atoms with Gasteiger partial charge in [-0.1, -0.05) is 50.2 Å². The highest BCUT2D eigenvalue weighted by atomic mass is 16.4. The van der Waals surface area contributed by atoms with Crippen LogP contribution in [0.4, 0.5) is 15.3 Å². The van der Waals surface area contributed by atoms with Crippen molar-refractivity contribution in [1.82, 2.24) is 14.7 Å². The highest BCUT2D eigenvalue weighted by molar-refractivity contribution is 5.91. The van der Waals surface area contributed by atoms with E-state index in [1.807, 2.05) is 34.1 Å². The van der Waals surface area contributed by atoms with Gasteiger partial charge in [0.2, 0.25) is 5.91 Å². The number of piperidine rings is 2. The Morgan fingerprint density at radius 1 is 0.930 bits per heavy atom. The molecule has 6 N–H and O–H groups in total. The van der Waals surface area contributed by atoms with Crippen LogP contribution < -0.4 is 16.8 Å². The van der Waals surface area contributed by atoms with Gasteiger partial charge >= 0.3 is 12.1 Å². The second kappa shape index (κ2) is 15.2. The van der Waals surface area contributed by atoms with Crippen LogP contribution in [0.15, 0.2) is 42.5 Å². The molecule has 2 aromatic carbocycles. The Labute approximate surface area is 255 Å². The number of benzene rings is 2. The van der Waals surface area contributed by atoms with Crippen LogP contribution in [-0.4, -0.2) is 88.7 Å². The number of hydrogen-bond acceptors (Lipinski definition) is 5. The summed E-state index contributed by atoms with van der Waals surface area (Å²) >= 11 is 0. The second-order valence-electron chi connectivity index (χ2n) is 11.8. The summed E-state index contributed by atoms with van der Waals surface area (Å²) in [5, 5.41) is 11.9. The fourth-order valence-corrected chi connectivity index (χ4v) is 6.28. The van der Waals surface area contributed by atoms with Gasteiger partial charge in [-0.3, -0.25) is 4.79 Å². The average molecular weight is 593 g/mol. The first kappa shape index (κ1) is 32.3. The molecule has 0 spiro atoms. The lowest BCUT2D eigenvalue weighted by atomic mass is 9.96. The number of fused-ring (bicyclic) bond motifs is 1. The lowest BCUT2D eigenvalue weighted by Gasteiger charge is -2.36. The van der Waals surface area contributed by atoms with Gasteiger partial charge in [0, 0.05) is 50.5 Å². The zero-order valence-corrected chi connectivity index (χ0v) is 25.6. The second-order valence-corrected chi connectivity index (χ2v) is 11.8. The number of likely N-dealkylation sites (tertiary alicyclic amines) is 2.